The normalized spacial score (nSPS) is 25.9. The number of carbonyl (C=O) groups is 3. The predicted octanol–water partition coefficient (Wildman–Crippen LogP) is 3.56. The fraction of sp³-hybridized carbons (Fsp3) is 0.516. The van der Waals surface area contributed by atoms with Crippen LogP contribution in [0.5, 0.6) is 0 Å². The van der Waals surface area contributed by atoms with E-state index < -0.39 is 31.5 Å². The molecule has 0 spiro atoms. The first kappa shape index (κ1) is 31.2. The van der Waals surface area contributed by atoms with Gasteiger partial charge in [0.15, 0.2) is 0 Å². The predicted molar refractivity (Wildman–Crippen MR) is 169 cm³/mol. The van der Waals surface area contributed by atoms with Gasteiger partial charge in [0.1, 0.15) is 24.2 Å². The fourth-order valence-electron chi connectivity index (χ4n) is 7.28. The molecule has 3 N–H and O–H groups in total. The molecular formula is C31H36FN6O6PS. The van der Waals surface area contributed by atoms with Crippen molar-refractivity contribution in [2.75, 3.05) is 31.1 Å². The number of nitrogens with zero attached hydrogens (tertiary/aromatic N) is 5. The molecule has 0 radical (unpaired) electrons. The number of rotatable bonds is 7. The quantitative estimate of drug-likeness (QED) is 0.320. The van der Waals surface area contributed by atoms with Gasteiger partial charge in [-0.1, -0.05) is 13.0 Å². The van der Waals surface area contributed by atoms with Crippen molar-refractivity contribution in [1.29, 1.82) is 0 Å². The Hall–Kier alpha value is -3.45. The van der Waals surface area contributed by atoms with Crippen molar-refractivity contribution < 1.29 is 33.1 Å². The average molecular weight is 671 g/mol. The highest BCUT2D eigenvalue weighted by atomic mass is 32.1. The highest BCUT2D eigenvalue weighted by Gasteiger charge is 2.49. The van der Waals surface area contributed by atoms with Crippen LogP contribution in [0.3, 0.4) is 0 Å². The number of carbonyl (C=O) groups excluding carboxylic acids is 3. The molecular weight excluding hydrogens is 634 g/mol. The first-order valence-electron chi connectivity index (χ1n) is 15.7. The Labute approximate surface area is 269 Å². The van der Waals surface area contributed by atoms with E-state index in [-0.39, 0.29) is 35.3 Å². The van der Waals surface area contributed by atoms with Gasteiger partial charge in [0, 0.05) is 54.6 Å². The molecule has 4 aliphatic rings. The smallest absolute Gasteiger partial charge is 0.356 e. The molecule has 4 fully saturated rings. The third kappa shape index (κ3) is 5.69. The first-order valence-corrected chi connectivity index (χ1v) is 18.2. The summed E-state index contributed by atoms with van der Waals surface area (Å²) in [5.41, 5.74) is 0.887. The van der Waals surface area contributed by atoms with E-state index in [9.17, 15) is 33.1 Å². The molecule has 15 heteroatoms. The average Bonchev–Trinajstić information content (AvgIpc) is 3.56. The van der Waals surface area contributed by atoms with E-state index in [1.54, 1.807) is 11.2 Å². The lowest BCUT2D eigenvalue weighted by atomic mass is 9.91. The zero-order chi connectivity index (χ0) is 32.3. The summed E-state index contributed by atoms with van der Waals surface area (Å²) in [7, 11) is -4.98. The molecule has 2 aromatic heterocycles. The number of aromatic nitrogens is 2. The maximum atomic E-state index is 14.3. The molecule has 4 saturated heterocycles. The van der Waals surface area contributed by atoms with E-state index in [4.69, 9.17) is 0 Å². The third-order valence-corrected chi connectivity index (χ3v) is 11.8. The molecule has 12 nitrogen and oxygen atoms in total. The molecule has 7 rings (SSSR count). The van der Waals surface area contributed by atoms with Crippen molar-refractivity contribution in [2.24, 2.45) is 5.92 Å². The van der Waals surface area contributed by atoms with Crippen LogP contribution in [0.1, 0.15) is 71.7 Å². The second kappa shape index (κ2) is 12.0. The van der Waals surface area contributed by atoms with Gasteiger partial charge in [-0.2, -0.15) is 0 Å². The van der Waals surface area contributed by atoms with Gasteiger partial charge in [-0.05, 0) is 67.2 Å². The second-order valence-electron chi connectivity index (χ2n) is 13.0. The van der Waals surface area contributed by atoms with Crippen molar-refractivity contribution in [3.63, 3.8) is 0 Å². The summed E-state index contributed by atoms with van der Waals surface area (Å²) in [6.45, 7) is 5.10. The molecule has 0 unspecified atom stereocenters. The number of thiophene rings is 1. The van der Waals surface area contributed by atoms with Crippen LogP contribution in [-0.4, -0.2) is 91.6 Å². The van der Waals surface area contributed by atoms with Gasteiger partial charge in [-0.15, -0.1) is 11.3 Å². The van der Waals surface area contributed by atoms with Crippen molar-refractivity contribution in [2.45, 2.75) is 69.0 Å². The maximum Gasteiger partial charge on any atom is 0.363 e. The second-order valence-corrected chi connectivity index (χ2v) is 15.7. The number of hydrogen-bond acceptors (Lipinski definition) is 8. The van der Waals surface area contributed by atoms with Crippen LogP contribution < -0.4 is 10.2 Å². The van der Waals surface area contributed by atoms with E-state index >= 15 is 0 Å². The van der Waals surface area contributed by atoms with Crippen molar-refractivity contribution in [3.8, 4) is 0 Å². The lowest BCUT2D eigenvalue weighted by Crippen LogP contribution is -2.58. The fourth-order valence-corrected chi connectivity index (χ4v) is 8.78. The zero-order valence-corrected chi connectivity index (χ0v) is 27.0. The Bertz CT molecular complexity index is 1740. The number of anilines is 1. The molecule has 0 aliphatic carbocycles. The van der Waals surface area contributed by atoms with Gasteiger partial charge >= 0.3 is 7.60 Å². The summed E-state index contributed by atoms with van der Waals surface area (Å²) in [5, 5.41) is 3.38. The van der Waals surface area contributed by atoms with Crippen LogP contribution in [0.15, 0.2) is 36.8 Å². The van der Waals surface area contributed by atoms with Crippen LogP contribution in [0.4, 0.5) is 10.2 Å². The third-order valence-electron chi connectivity index (χ3n) is 9.80. The Morgan fingerprint density at radius 2 is 1.93 bits per heavy atom. The van der Waals surface area contributed by atoms with Gasteiger partial charge in [-0.3, -0.25) is 18.9 Å². The first-order chi connectivity index (χ1) is 22.0. The van der Waals surface area contributed by atoms with Crippen molar-refractivity contribution >= 4 is 52.6 Å². The summed E-state index contributed by atoms with van der Waals surface area (Å²) in [5.74, 6) is -2.00. The molecule has 244 valence electrons. The van der Waals surface area contributed by atoms with Crippen LogP contribution >= 0.6 is 18.9 Å². The van der Waals surface area contributed by atoms with Gasteiger partial charge in [0.05, 0.1) is 4.88 Å². The number of benzene rings is 1. The number of likely N-dealkylation sites (tertiary alicyclic amines) is 1. The van der Waals surface area contributed by atoms with E-state index in [1.807, 2.05) is 11.1 Å². The number of hydrogen-bond donors (Lipinski definition) is 3. The molecule has 0 saturated carbocycles. The Balaban J connectivity index is 1.04. The molecule has 4 aliphatic heterocycles. The minimum Gasteiger partial charge on any atom is -0.356 e. The molecule has 3 amide bonds. The minimum atomic E-state index is -4.98. The lowest BCUT2D eigenvalue weighted by molar-refractivity contribution is -0.148. The summed E-state index contributed by atoms with van der Waals surface area (Å²) >= 11 is 1.15. The van der Waals surface area contributed by atoms with E-state index in [0.717, 1.165) is 55.1 Å². The monoisotopic (exact) mass is 670 g/mol. The summed E-state index contributed by atoms with van der Waals surface area (Å²) in [6.07, 6.45) is 7.06. The number of alkyl halides is 1. The lowest BCUT2D eigenvalue weighted by Gasteiger charge is -2.44. The molecule has 1 aromatic carbocycles. The largest absolute Gasteiger partial charge is 0.363 e. The van der Waals surface area contributed by atoms with E-state index in [2.05, 4.69) is 27.1 Å². The number of nitrogens with one attached hydrogen (secondary N) is 1. The molecule has 6 heterocycles. The highest BCUT2D eigenvalue weighted by molar-refractivity contribution is 7.51. The SMILES string of the molecule is C[C@H]1C[C@H]2CC[C@@H](C(=O)N3CC(c4cncnc4N4CCC4)C3)N2C(=O)[C@@H](NC(=O)c2cc3cc([C@H](F)P(=O)(O)O)ccc3s2)C1. The Morgan fingerprint density at radius 1 is 1.15 bits per heavy atom. The number of fused-ring (bicyclic) bond motifs is 2. The van der Waals surface area contributed by atoms with Crippen molar-refractivity contribution in [3.05, 3.63) is 52.8 Å². The summed E-state index contributed by atoms with van der Waals surface area (Å²) in [6, 6.07) is 4.23. The van der Waals surface area contributed by atoms with Gasteiger partial charge in [0.25, 0.3) is 5.91 Å². The molecule has 3 aromatic rings. The van der Waals surface area contributed by atoms with Crippen LogP contribution in [0.25, 0.3) is 10.1 Å². The summed E-state index contributed by atoms with van der Waals surface area (Å²) < 4.78 is 26.3. The summed E-state index contributed by atoms with van der Waals surface area (Å²) in [4.78, 5) is 74.5. The van der Waals surface area contributed by atoms with Crippen molar-refractivity contribution in [1.82, 2.24) is 25.1 Å². The topological polar surface area (TPSA) is 156 Å². The molecule has 5 atom stereocenters. The van der Waals surface area contributed by atoms with E-state index in [0.29, 0.717) is 40.9 Å². The van der Waals surface area contributed by atoms with Crippen LogP contribution in [0.2, 0.25) is 0 Å². The van der Waals surface area contributed by atoms with Crippen LogP contribution in [0, 0.1) is 5.92 Å². The van der Waals surface area contributed by atoms with Crippen LogP contribution in [-0.2, 0) is 14.2 Å². The van der Waals surface area contributed by atoms with Gasteiger partial charge in [0.2, 0.25) is 17.7 Å². The minimum absolute atomic E-state index is 0.0594. The Kier molecular flexibility index (Phi) is 8.11. The van der Waals surface area contributed by atoms with E-state index in [1.165, 1.54) is 24.3 Å². The number of amides is 3. The number of halogens is 1. The van der Waals surface area contributed by atoms with Gasteiger partial charge in [-0.25, -0.2) is 14.4 Å². The molecule has 0 bridgehead atoms. The zero-order valence-electron chi connectivity index (χ0n) is 25.3. The standard InChI is InChI=1S/C31H36FN6O6PS/c1-17-9-21-4-5-24(31(41)37-14-20(15-37)22-13-33-16-34-28(22)36-7-2-8-36)38(21)30(40)23(10-17)35-29(39)26-12-19-11-18(3-6-25(19)46-26)27(32)45(42,43)44/h3,6,11-13,16-17,20-21,23-24,27H,2,4-5,7-10,14-15H2,1H3,(H,35,39)(H2,42,43,44)/t17-,21+,23-,24-,27+/m0/s1. The van der Waals surface area contributed by atoms with Gasteiger partial charge < -0.3 is 29.8 Å². The Morgan fingerprint density at radius 3 is 2.65 bits per heavy atom. The maximum absolute atomic E-state index is 14.3. The highest BCUT2D eigenvalue weighted by Crippen LogP contribution is 2.53. The molecule has 46 heavy (non-hydrogen) atoms.